The van der Waals surface area contributed by atoms with Crippen LogP contribution in [0.3, 0.4) is 0 Å². The van der Waals surface area contributed by atoms with Gasteiger partial charge in [0.25, 0.3) is 0 Å². The average Bonchev–Trinajstić information content (AvgIpc) is 3.67. The van der Waals surface area contributed by atoms with Crippen LogP contribution < -0.4 is 0 Å². The van der Waals surface area contributed by atoms with E-state index in [-0.39, 0.29) is 16.9 Å². The van der Waals surface area contributed by atoms with E-state index in [1.807, 2.05) is 0 Å². The van der Waals surface area contributed by atoms with Gasteiger partial charge in [0.2, 0.25) is 5.91 Å². The van der Waals surface area contributed by atoms with E-state index < -0.39 is 0 Å². The molecule has 4 heteroatoms. The molecule has 10 unspecified atom stereocenters. The minimum Gasteiger partial charge on any atom is -0.393 e. The summed E-state index contributed by atoms with van der Waals surface area (Å²) in [4.78, 5) is 19.7. The lowest BCUT2D eigenvalue weighted by Crippen LogP contribution is -2.64. The van der Waals surface area contributed by atoms with Gasteiger partial charge in [-0.05, 0) is 149 Å². The number of aliphatic hydroxyl groups is 1. The van der Waals surface area contributed by atoms with Crippen molar-refractivity contribution in [2.45, 2.75) is 136 Å². The Morgan fingerprint density at radius 1 is 0.718 bits per heavy atom. The fourth-order valence-electron chi connectivity index (χ4n) is 13.4. The molecular weight excluding hydrogens is 480 g/mol. The highest BCUT2D eigenvalue weighted by Crippen LogP contribution is 2.73. The molecule has 2 heterocycles. The van der Waals surface area contributed by atoms with E-state index in [9.17, 15) is 9.90 Å². The molecule has 0 radical (unpaired) electrons. The molecule has 2 aliphatic heterocycles. The lowest BCUT2D eigenvalue weighted by atomic mass is 9.36. The molecule has 0 aromatic heterocycles. The molecule has 5 saturated carbocycles. The van der Waals surface area contributed by atoms with Crippen LogP contribution >= 0.6 is 0 Å². The Balaban J connectivity index is 1.13. The van der Waals surface area contributed by atoms with Crippen LogP contribution in [0.1, 0.15) is 124 Å². The highest BCUT2D eigenvalue weighted by atomic mass is 16.3. The van der Waals surface area contributed by atoms with Gasteiger partial charge in [0.15, 0.2) is 0 Å². The topological polar surface area (TPSA) is 43.8 Å². The molecular formula is C35H58N2O2. The van der Waals surface area contributed by atoms with E-state index in [2.05, 4.69) is 37.5 Å². The number of rotatable bonds is 3. The van der Waals surface area contributed by atoms with Gasteiger partial charge in [0, 0.05) is 19.1 Å². The maximum Gasteiger partial charge on any atom is 0.229 e. The standard InChI is InChI=1S/C35H58N2O2/c1-32(2)28-14-17-33(3)26-13-19-35(31(39)37-22-8-9-24(37)23-36-20-5-6-21-36)16-7-10-27(35)25(26)11-12-29(33)34(28,4)18-15-30(32)38/h24-30,38H,5-23H2,1-4H3. The van der Waals surface area contributed by atoms with E-state index in [0.29, 0.717) is 34.6 Å². The number of carbonyl (C=O) groups excluding carboxylic acids is 1. The highest BCUT2D eigenvalue weighted by molar-refractivity contribution is 5.84. The predicted molar refractivity (Wildman–Crippen MR) is 157 cm³/mol. The smallest absolute Gasteiger partial charge is 0.229 e. The second-order valence-corrected chi connectivity index (χ2v) is 16.9. The van der Waals surface area contributed by atoms with Gasteiger partial charge in [-0.25, -0.2) is 0 Å². The van der Waals surface area contributed by atoms with E-state index in [4.69, 9.17) is 0 Å². The van der Waals surface area contributed by atoms with Crippen LogP contribution in [0.25, 0.3) is 0 Å². The molecule has 2 saturated heterocycles. The van der Waals surface area contributed by atoms with Crippen molar-refractivity contribution in [3.05, 3.63) is 0 Å². The molecule has 1 amide bonds. The Bertz CT molecular complexity index is 958. The molecule has 1 N–H and O–H groups in total. The molecule has 0 aromatic carbocycles. The summed E-state index contributed by atoms with van der Waals surface area (Å²) in [6, 6.07) is 0.470. The van der Waals surface area contributed by atoms with Crippen molar-refractivity contribution in [2.24, 2.45) is 51.2 Å². The van der Waals surface area contributed by atoms with Crippen molar-refractivity contribution in [3.8, 4) is 0 Å². The molecule has 5 aliphatic carbocycles. The number of likely N-dealkylation sites (tertiary alicyclic amines) is 2. The summed E-state index contributed by atoms with van der Waals surface area (Å²) in [5, 5.41) is 11.0. The summed E-state index contributed by atoms with van der Waals surface area (Å²) in [5.74, 6) is 4.20. The lowest BCUT2D eigenvalue weighted by Gasteiger charge is -2.69. The third-order valence-corrected chi connectivity index (χ3v) is 15.2. The van der Waals surface area contributed by atoms with Gasteiger partial charge in [0.05, 0.1) is 11.5 Å². The maximum absolute atomic E-state index is 14.6. The summed E-state index contributed by atoms with van der Waals surface area (Å²) in [6.07, 6.45) is 18.7. The van der Waals surface area contributed by atoms with Gasteiger partial charge < -0.3 is 14.9 Å². The summed E-state index contributed by atoms with van der Waals surface area (Å²) in [5.41, 5.74) is 0.761. The molecule has 39 heavy (non-hydrogen) atoms. The first-order chi connectivity index (χ1) is 18.6. The maximum atomic E-state index is 14.6. The van der Waals surface area contributed by atoms with Gasteiger partial charge >= 0.3 is 0 Å². The molecule has 7 aliphatic rings. The molecule has 0 spiro atoms. The van der Waals surface area contributed by atoms with E-state index >= 15 is 0 Å². The molecule has 0 aromatic rings. The predicted octanol–water partition coefficient (Wildman–Crippen LogP) is 6.90. The molecule has 0 bridgehead atoms. The van der Waals surface area contributed by atoms with Crippen molar-refractivity contribution in [1.29, 1.82) is 0 Å². The zero-order chi connectivity index (χ0) is 27.2. The van der Waals surface area contributed by atoms with Crippen molar-refractivity contribution in [2.75, 3.05) is 26.2 Å². The van der Waals surface area contributed by atoms with Crippen LogP contribution in [-0.2, 0) is 4.79 Å². The Hall–Kier alpha value is -0.610. The van der Waals surface area contributed by atoms with Gasteiger partial charge in [-0.3, -0.25) is 4.79 Å². The Morgan fingerprint density at radius 3 is 2.28 bits per heavy atom. The molecule has 10 atom stereocenters. The lowest BCUT2D eigenvalue weighted by molar-refractivity contribution is -0.215. The minimum absolute atomic E-state index is 0.0338. The number of nitrogens with zero attached hydrogens (tertiary/aromatic N) is 2. The van der Waals surface area contributed by atoms with Gasteiger partial charge in [0.1, 0.15) is 0 Å². The number of amides is 1. The van der Waals surface area contributed by atoms with Crippen LogP contribution in [0.5, 0.6) is 0 Å². The van der Waals surface area contributed by atoms with Crippen molar-refractivity contribution in [1.82, 2.24) is 9.80 Å². The fraction of sp³-hybridized carbons (Fsp3) is 0.971. The summed E-state index contributed by atoms with van der Waals surface area (Å²) < 4.78 is 0. The van der Waals surface area contributed by atoms with Gasteiger partial charge in [-0.1, -0.05) is 34.1 Å². The Kier molecular flexibility index (Phi) is 6.60. The average molecular weight is 539 g/mol. The number of fused-ring (bicyclic) bond motifs is 7. The van der Waals surface area contributed by atoms with Crippen LogP contribution in [0, 0.1) is 51.2 Å². The van der Waals surface area contributed by atoms with Crippen LogP contribution in [0.2, 0.25) is 0 Å². The van der Waals surface area contributed by atoms with Crippen molar-refractivity contribution >= 4 is 5.91 Å². The second-order valence-electron chi connectivity index (χ2n) is 16.9. The monoisotopic (exact) mass is 538 g/mol. The van der Waals surface area contributed by atoms with E-state index in [1.165, 1.54) is 96.6 Å². The van der Waals surface area contributed by atoms with Gasteiger partial charge in [-0.15, -0.1) is 0 Å². The molecule has 7 fully saturated rings. The largest absolute Gasteiger partial charge is 0.393 e. The third kappa shape index (κ3) is 3.84. The molecule has 220 valence electrons. The quantitative estimate of drug-likeness (QED) is 0.425. The minimum atomic E-state index is -0.143. The highest BCUT2D eigenvalue weighted by Gasteiger charge is 2.67. The zero-order valence-corrected chi connectivity index (χ0v) is 25.7. The van der Waals surface area contributed by atoms with E-state index in [0.717, 1.165) is 43.7 Å². The Labute approximate surface area is 239 Å². The van der Waals surface area contributed by atoms with Gasteiger partial charge in [-0.2, -0.15) is 0 Å². The van der Waals surface area contributed by atoms with E-state index in [1.54, 1.807) is 0 Å². The fourth-order valence-corrected chi connectivity index (χ4v) is 13.4. The second kappa shape index (κ2) is 9.45. The number of hydrogen-bond acceptors (Lipinski definition) is 3. The first-order valence-electron chi connectivity index (χ1n) is 17.3. The first kappa shape index (κ1) is 27.2. The van der Waals surface area contributed by atoms with Crippen molar-refractivity contribution < 1.29 is 9.90 Å². The SMILES string of the molecule is CC1(C)C(O)CCC2(C)C1CCC1(C)C3CCC4(C(=O)N5CCCC5CN5CCCC5)CCCC4C3CCC12. The van der Waals surface area contributed by atoms with Crippen LogP contribution in [0.15, 0.2) is 0 Å². The molecule has 4 nitrogen and oxygen atoms in total. The van der Waals surface area contributed by atoms with Crippen LogP contribution in [-0.4, -0.2) is 59.1 Å². The number of aliphatic hydroxyl groups excluding tert-OH is 1. The summed E-state index contributed by atoms with van der Waals surface area (Å²) in [6.45, 7) is 14.7. The number of carbonyl (C=O) groups is 1. The third-order valence-electron chi connectivity index (χ3n) is 15.2. The first-order valence-corrected chi connectivity index (χ1v) is 17.3. The normalized spacial score (nSPS) is 51.2. The Morgan fingerprint density at radius 2 is 1.49 bits per heavy atom. The number of hydrogen-bond donors (Lipinski definition) is 1. The van der Waals surface area contributed by atoms with Crippen molar-refractivity contribution in [3.63, 3.8) is 0 Å². The summed E-state index contributed by atoms with van der Waals surface area (Å²) in [7, 11) is 0. The summed E-state index contributed by atoms with van der Waals surface area (Å²) >= 11 is 0. The zero-order valence-electron chi connectivity index (χ0n) is 25.7. The molecule has 7 rings (SSSR count). The van der Waals surface area contributed by atoms with Crippen LogP contribution in [0.4, 0.5) is 0 Å².